The predicted molar refractivity (Wildman–Crippen MR) is 135 cm³/mol. The third kappa shape index (κ3) is 14.2. The van der Waals surface area contributed by atoms with Crippen molar-refractivity contribution < 1.29 is 19.4 Å². The van der Waals surface area contributed by atoms with E-state index in [0.717, 1.165) is 38.6 Å². The lowest BCUT2D eigenvalue weighted by atomic mass is 9.99. The Morgan fingerprint density at radius 2 is 1.97 bits per heavy atom. The van der Waals surface area contributed by atoms with Gasteiger partial charge in [-0.25, -0.2) is 4.79 Å². The molecule has 0 fully saturated rings. The molecule has 1 rings (SSSR count). The Labute approximate surface area is 200 Å². The fraction of sp³-hybridized carbons (Fsp3) is 0.704. The normalized spacial score (nSPS) is 17.6. The molecule has 3 unspecified atom stereocenters. The standard InChI is InChI=1S/C27H46N2O4/c1-3-5-6-7-9-13-23(4-2)22-33-26(28)21-29(18-10-8-11-19-30)20-24-14-12-15-25(17-16-24)27(31)32/h12,14-17,19,23-24,26H,3-11,13,18,20-22,28H2,1-2H3,(H,31,32). The van der Waals surface area contributed by atoms with Crippen molar-refractivity contribution in [3.8, 4) is 0 Å². The first-order valence-corrected chi connectivity index (χ1v) is 12.8. The van der Waals surface area contributed by atoms with E-state index in [1.165, 1.54) is 38.5 Å². The van der Waals surface area contributed by atoms with Gasteiger partial charge in [-0.1, -0.05) is 76.7 Å². The van der Waals surface area contributed by atoms with Gasteiger partial charge in [0.1, 0.15) is 12.5 Å². The number of hydrogen-bond donors (Lipinski definition) is 2. The number of aliphatic carboxylic acids is 1. The van der Waals surface area contributed by atoms with Crippen molar-refractivity contribution in [1.29, 1.82) is 0 Å². The average molecular weight is 463 g/mol. The van der Waals surface area contributed by atoms with E-state index >= 15 is 0 Å². The van der Waals surface area contributed by atoms with Gasteiger partial charge in [-0.2, -0.15) is 0 Å². The summed E-state index contributed by atoms with van der Waals surface area (Å²) >= 11 is 0. The number of nitrogens with zero attached hydrogens (tertiary/aromatic N) is 1. The number of allylic oxidation sites excluding steroid dienone is 2. The molecule has 1 aliphatic carbocycles. The molecule has 0 aromatic carbocycles. The largest absolute Gasteiger partial charge is 0.478 e. The van der Waals surface area contributed by atoms with E-state index < -0.39 is 5.97 Å². The van der Waals surface area contributed by atoms with E-state index in [9.17, 15) is 14.7 Å². The minimum Gasteiger partial charge on any atom is -0.478 e. The number of aldehydes is 1. The minimum absolute atomic E-state index is 0.0999. The van der Waals surface area contributed by atoms with Crippen molar-refractivity contribution in [2.45, 2.75) is 84.3 Å². The Bertz CT molecular complexity index is 630. The van der Waals surface area contributed by atoms with Crippen LogP contribution in [-0.4, -0.2) is 54.7 Å². The number of unbranched alkanes of at least 4 members (excludes halogenated alkanes) is 6. The van der Waals surface area contributed by atoms with Gasteiger partial charge in [0.15, 0.2) is 0 Å². The quantitative estimate of drug-likeness (QED) is 0.149. The highest BCUT2D eigenvalue weighted by molar-refractivity contribution is 5.90. The van der Waals surface area contributed by atoms with E-state index in [2.05, 4.69) is 18.7 Å². The minimum atomic E-state index is -0.923. The third-order valence-electron chi connectivity index (χ3n) is 6.20. The van der Waals surface area contributed by atoms with E-state index in [4.69, 9.17) is 10.5 Å². The van der Waals surface area contributed by atoms with Crippen molar-refractivity contribution in [3.63, 3.8) is 0 Å². The van der Waals surface area contributed by atoms with Gasteiger partial charge in [0.05, 0.1) is 12.2 Å². The van der Waals surface area contributed by atoms with Crippen LogP contribution in [0, 0.1) is 11.8 Å². The number of nitrogens with two attached hydrogens (primary N) is 1. The van der Waals surface area contributed by atoms with Gasteiger partial charge in [0, 0.05) is 25.4 Å². The Morgan fingerprint density at radius 3 is 2.67 bits per heavy atom. The molecule has 3 atom stereocenters. The second kappa shape index (κ2) is 18.6. The van der Waals surface area contributed by atoms with E-state index in [-0.39, 0.29) is 17.7 Å². The molecule has 6 nitrogen and oxygen atoms in total. The SMILES string of the molecule is CCCCCCCC(CC)COC(N)CN(CCCCC=O)CC1C=CC=C(C(=O)O)C=C1. The van der Waals surface area contributed by atoms with Crippen LogP contribution in [-0.2, 0) is 14.3 Å². The molecule has 6 heteroatoms. The van der Waals surface area contributed by atoms with Crippen LogP contribution in [0.1, 0.15) is 78.1 Å². The van der Waals surface area contributed by atoms with Gasteiger partial charge in [-0.05, 0) is 37.8 Å². The highest BCUT2D eigenvalue weighted by Gasteiger charge is 2.17. The summed E-state index contributed by atoms with van der Waals surface area (Å²) in [6, 6.07) is 0. The fourth-order valence-corrected chi connectivity index (χ4v) is 4.04. The molecule has 0 aliphatic heterocycles. The van der Waals surface area contributed by atoms with E-state index in [0.29, 0.717) is 25.5 Å². The van der Waals surface area contributed by atoms with Crippen molar-refractivity contribution in [3.05, 3.63) is 36.0 Å². The molecule has 0 saturated carbocycles. The molecule has 3 N–H and O–H groups in total. The van der Waals surface area contributed by atoms with Crippen LogP contribution in [0.5, 0.6) is 0 Å². The second-order valence-electron chi connectivity index (χ2n) is 9.11. The van der Waals surface area contributed by atoms with Crippen molar-refractivity contribution >= 4 is 12.3 Å². The van der Waals surface area contributed by atoms with Crippen molar-refractivity contribution in [2.75, 3.05) is 26.2 Å². The molecule has 188 valence electrons. The summed E-state index contributed by atoms with van der Waals surface area (Å²) in [5.74, 6) is -0.275. The molecule has 0 radical (unpaired) electrons. The van der Waals surface area contributed by atoms with Gasteiger partial charge in [-0.3, -0.25) is 4.90 Å². The Kier molecular flexibility index (Phi) is 16.5. The van der Waals surface area contributed by atoms with Gasteiger partial charge in [0.25, 0.3) is 0 Å². The highest BCUT2D eigenvalue weighted by atomic mass is 16.5. The Hall–Kier alpha value is -1.76. The van der Waals surface area contributed by atoms with Crippen LogP contribution in [0.2, 0.25) is 0 Å². The van der Waals surface area contributed by atoms with E-state index in [1.54, 1.807) is 12.2 Å². The number of carbonyl (C=O) groups is 2. The van der Waals surface area contributed by atoms with Crippen molar-refractivity contribution in [2.24, 2.45) is 17.6 Å². The molecule has 33 heavy (non-hydrogen) atoms. The maximum absolute atomic E-state index is 11.2. The van der Waals surface area contributed by atoms with Gasteiger partial charge < -0.3 is 20.4 Å². The molecule has 1 aliphatic rings. The summed E-state index contributed by atoms with van der Waals surface area (Å²) in [4.78, 5) is 24.1. The van der Waals surface area contributed by atoms with Crippen molar-refractivity contribution in [1.82, 2.24) is 4.90 Å². The fourth-order valence-electron chi connectivity index (χ4n) is 4.04. The zero-order valence-electron chi connectivity index (χ0n) is 20.8. The summed E-state index contributed by atoms with van der Waals surface area (Å²) < 4.78 is 6.05. The number of ether oxygens (including phenoxy) is 1. The maximum Gasteiger partial charge on any atom is 0.335 e. The number of carboxylic acids is 1. The van der Waals surface area contributed by atoms with Gasteiger partial charge in [-0.15, -0.1) is 0 Å². The van der Waals surface area contributed by atoms with Gasteiger partial charge >= 0.3 is 5.97 Å². The summed E-state index contributed by atoms with van der Waals surface area (Å²) in [5, 5.41) is 9.21. The number of carboxylic acid groups (broad SMARTS) is 1. The van der Waals surface area contributed by atoms with Crippen LogP contribution in [0.15, 0.2) is 36.0 Å². The molecular formula is C27H46N2O4. The molecule has 0 bridgehead atoms. The summed E-state index contributed by atoms with van der Waals surface area (Å²) in [7, 11) is 0. The topological polar surface area (TPSA) is 92.9 Å². The second-order valence-corrected chi connectivity index (χ2v) is 9.11. The lowest BCUT2D eigenvalue weighted by Gasteiger charge is -2.28. The zero-order chi connectivity index (χ0) is 24.3. The Morgan fingerprint density at radius 1 is 1.18 bits per heavy atom. The molecule has 0 heterocycles. The molecule has 0 aromatic rings. The van der Waals surface area contributed by atoms with E-state index in [1.807, 2.05) is 18.2 Å². The summed E-state index contributed by atoms with van der Waals surface area (Å²) in [5.41, 5.74) is 6.64. The average Bonchev–Trinajstić information content (AvgIpc) is 3.04. The summed E-state index contributed by atoms with van der Waals surface area (Å²) in [6.45, 7) is 7.33. The lowest BCUT2D eigenvalue weighted by molar-refractivity contribution is -0.132. The number of hydrogen-bond acceptors (Lipinski definition) is 5. The van der Waals surface area contributed by atoms with Crippen LogP contribution in [0.4, 0.5) is 0 Å². The molecule has 0 aromatic heterocycles. The highest BCUT2D eigenvalue weighted by Crippen LogP contribution is 2.17. The Balaban J connectivity index is 2.54. The molecular weight excluding hydrogens is 416 g/mol. The first-order chi connectivity index (χ1) is 16.0. The van der Waals surface area contributed by atoms with Crippen LogP contribution < -0.4 is 5.73 Å². The number of carbonyl (C=O) groups excluding carboxylic acids is 1. The predicted octanol–water partition coefficient (Wildman–Crippen LogP) is 5.10. The number of rotatable bonds is 20. The third-order valence-corrected chi connectivity index (χ3v) is 6.20. The first kappa shape index (κ1) is 29.3. The molecule has 0 spiro atoms. The smallest absolute Gasteiger partial charge is 0.335 e. The van der Waals surface area contributed by atoms with Crippen LogP contribution >= 0.6 is 0 Å². The maximum atomic E-state index is 11.2. The lowest BCUT2D eigenvalue weighted by Crippen LogP contribution is -2.42. The molecule has 0 amide bonds. The zero-order valence-corrected chi connectivity index (χ0v) is 20.8. The van der Waals surface area contributed by atoms with Crippen LogP contribution in [0.3, 0.4) is 0 Å². The monoisotopic (exact) mass is 462 g/mol. The van der Waals surface area contributed by atoms with Crippen LogP contribution in [0.25, 0.3) is 0 Å². The first-order valence-electron chi connectivity index (χ1n) is 12.8. The molecule has 0 saturated heterocycles. The van der Waals surface area contributed by atoms with Gasteiger partial charge in [0.2, 0.25) is 0 Å². The summed E-state index contributed by atoms with van der Waals surface area (Å²) in [6.07, 6.45) is 20.7.